The zero-order chi connectivity index (χ0) is 30.0. The number of rotatable bonds is 8. The fraction of sp³-hybridized carbons (Fsp3) is 0.179. The predicted molar refractivity (Wildman–Crippen MR) is 162 cm³/mol. The maximum Gasteiger partial charge on any atom is 0.330 e. The molecule has 0 aliphatic carbocycles. The van der Waals surface area contributed by atoms with Crippen molar-refractivity contribution in [3.05, 3.63) is 76.0 Å². The number of anilines is 6. The lowest BCUT2D eigenvalue weighted by molar-refractivity contribution is -0.114. The average Bonchev–Trinajstić information content (AvgIpc) is 2.96. The van der Waals surface area contributed by atoms with Crippen molar-refractivity contribution in [1.82, 2.24) is 15.0 Å². The Hall–Kier alpha value is -4.81. The van der Waals surface area contributed by atoms with E-state index in [0.29, 0.717) is 34.1 Å². The van der Waals surface area contributed by atoms with Gasteiger partial charge in [-0.2, -0.15) is 4.98 Å². The molecule has 14 heteroatoms. The minimum atomic E-state index is -0.458. The second-order valence-electron chi connectivity index (χ2n) is 9.20. The number of aromatic nitrogens is 3. The molecule has 0 unspecified atom stereocenters. The summed E-state index contributed by atoms with van der Waals surface area (Å²) < 4.78 is 10.8. The lowest BCUT2D eigenvalue weighted by Gasteiger charge is -2.37. The van der Waals surface area contributed by atoms with Crippen molar-refractivity contribution in [1.29, 1.82) is 0 Å². The number of urea groups is 1. The summed E-state index contributed by atoms with van der Waals surface area (Å²) in [6.07, 6.45) is 3.17. The molecule has 0 fully saturated rings. The molecule has 216 valence electrons. The number of halogens is 2. The Morgan fingerprint density at radius 2 is 1.74 bits per heavy atom. The third-order valence-corrected chi connectivity index (χ3v) is 7.11. The van der Waals surface area contributed by atoms with Gasteiger partial charge in [-0.05, 0) is 29.8 Å². The first-order valence-electron chi connectivity index (χ1n) is 12.6. The third kappa shape index (κ3) is 5.67. The van der Waals surface area contributed by atoms with E-state index in [4.69, 9.17) is 43.4 Å². The van der Waals surface area contributed by atoms with Gasteiger partial charge in [-0.1, -0.05) is 35.3 Å². The van der Waals surface area contributed by atoms with Crippen LogP contribution in [-0.2, 0) is 17.9 Å². The van der Waals surface area contributed by atoms with Gasteiger partial charge in [-0.15, -0.1) is 0 Å². The topological polar surface area (TPSA) is 148 Å². The largest absolute Gasteiger partial charge is 0.495 e. The first-order chi connectivity index (χ1) is 20.2. The van der Waals surface area contributed by atoms with Gasteiger partial charge >= 0.3 is 6.03 Å². The van der Waals surface area contributed by atoms with Crippen molar-refractivity contribution in [2.24, 2.45) is 0 Å². The van der Waals surface area contributed by atoms with Crippen LogP contribution in [0.2, 0.25) is 10.0 Å². The zero-order valence-corrected chi connectivity index (χ0v) is 24.3. The van der Waals surface area contributed by atoms with Crippen LogP contribution >= 0.6 is 23.2 Å². The van der Waals surface area contributed by atoms with Crippen molar-refractivity contribution < 1.29 is 19.1 Å². The zero-order valence-electron chi connectivity index (χ0n) is 22.8. The Morgan fingerprint density at radius 3 is 2.38 bits per heavy atom. The van der Waals surface area contributed by atoms with Crippen molar-refractivity contribution in [3.8, 4) is 11.5 Å². The van der Waals surface area contributed by atoms with Gasteiger partial charge in [0.1, 0.15) is 33.2 Å². The van der Waals surface area contributed by atoms with Crippen LogP contribution in [0, 0.1) is 0 Å². The van der Waals surface area contributed by atoms with E-state index in [0.717, 1.165) is 0 Å². The number of nitrogens with zero attached hydrogens (tertiary/aromatic N) is 5. The molecule has 3 heterocycles. The van der Waals surface area contributed by atoms with Crippen LogP contribution < -0.4 is 35.6 Å². The third-order valence-electron chi connectivity index (χ3n) is 6.38. The number of ether oxygens (including phenoxy) is 2. The highest BCUT2D eigenvalue weighted by atomic mass is 35.5. The molecular formula is C28H26Cl2N8O4. The smallest absolute Gasteiger partial charge is 0.330 e. The number of amides is 3. The second kappa shape index (κ2) is 12.0. The average molecular weight is 609 g/mol. The Kier molecular flexibility index (Phi) is 8.18. The van der Waals surface area contributed by atoms with Crippen LogP contribution in [0.25, 0.3) is 0 Å². The summed E-state index contributed by atoms with van der Waals surface area (Å²) in [5.74, 6) is 1.23. The minimum absolute atomic E-state index is 0.0572. The van der Waals surface area contributed by atoms with Crippen molar-refractivity contribution >= 4 is 69.8 Å². The number of carbonyl (C=O) groups excluding carboxylic acids is 2. The van der Waals surface area contributed by atoms with Gasteiger partial charge in [0.15, 0.2) is 0 Å². The van der Waals surface area contributed by atoms with E-state index in [9.17, 15) is 9.59 Å². The lowest BCUT2D eigenvalue weighted by atomic mass is 10.1. The number of nitrogens with one attached hydrogen (secondary N) is 2. The van der Waals surface area contributed by atoms with E-state index in [1.165, 1.54) is 30.9 Å². The van der Waals surface area contributed by atoms with E-state index >= 15 is 0 Å². The number of nitrogen functional groups attached to an aromatic ring is 1. The molecule has 0 radical (unpaired) electrons. The van der Waals surface area contributed by atoms with Gasteiger partial charge in [-0.25, -0.2) is 14.8 Å². The van der Waals surface area contributed by atoms with E-state index in [-0.39, 0.29) is 52.2 Å². The van der Waals surface area contributed by atoms with Crippen LogP contribution in [0.5, 0.6) is 11.5 Å². The number of pyridine rings is 1. The minimum Gasteiger partial charge on any atom is -0.495 e. The number of carbonyl (C=O) groups is 2. The standard InChI is InChI=1S/C28H26Cl2N8O4/c1-15(39)34-18-6-4-5-7-19(18)35-27-33-12-17-14-37(25-23(29)20(41-2)11-21(42-3)24(25)30)28(40)38(26(17)36-27)13-16-8-9-32-22(31)10-16/h4-12H,13-14H2,1-3H3,(H2,31,32)(H,34,39)(H,33,35,36). The number of para-hydroxylation sites is 2. The number of fused-ring (bicyclic) bond motifs is 1. The summed E-state index contributed by atoms with van der Waals surface area (Å²) in [5.41, 5.74) is 8.60. The quantitative estimate of drug-likeness (QED) is 0.231. The van der Waals surface area contributed by atoms with E-state index in [1.807, 2.05) is 6.07 Å². The normalized spacial score (nSPS) is 12.5. The first kappa shape index (κ1) is 28.7. The number of nitrogens with two attached hydrogens (primary N) is 1. The van der Waals surface area contributed by atoms with E-state index in [2.05, 4.69) is 20.6 Å². The van der Waals surface area contributed by atoms with Crippen molar-refractivity contribution in [2.45, 2.75) is 20.0 Å². The monoisotopic (exact) mass is 608 g/mol. The Balaban J connectivity index is 1.60. The van der Waals surface area contributed by atoms with E-state index < -0.39 is 6.03 Å². The molecule has 4 aromatic rings. The summed E-state index contributed by atoms with van der Waals surface area (Å²) in [4.78, 5) is 42.0. The van der Waals surface area contributed by atoms with Gasteiger partial charge in [0.25, 0.3) is 0 Å². The molecule has 1 aliphatic rings. The van der Waals surface area contributed by atoms with Crippen LogP contribution in [-0.4, -0.2) is 41.1 Å². The molecule has 42 heavy (non-hydrogen) atoms. The van der Waals surface area contributed by atoms with Crippen LogP contribution in [0.4, 0.5) is 39.4 Å². The van der Waals surface area contributed by atoms with E-state index in [1.54, 1.807) is 48.8 Å². The number of hydrogen-bond acceptors (Lipinski definition) is 9. The van der Waals surface area contributed by atoms with Gasteiger partial charge < -0.3 is 25.8 Å². The van der Waals surface area contributed by atoms with Gasteiger partial charge in [-0.3, -0.25) is 14.6 Å². The molecule has 2 aromatic carbocycles. The SMILES string of the molecule is COc1cc(OC)c(Cl)c(N2Cc3cnc(Nc4ccccc4NC(C)=O)nc3N(Cc3ccnc(N)c3)C2=O)c1Cl. The Morgan fingerprint density at radius 1 is 1.05 bits per heavy atom. The molecular weight excluding hydrogens is 583 g/mol. The van der Waals surface area contributed by atoms with Crippen LogP contribution in [0.3, 0.4) is 0 Å². The predicted octanol–water partition coefficient (Wildman–Crippen LogP) is 5.63. The molecule has 0 atom stereocenters. The molecule has 2 aromatic heterocycles. The van der Waals surface area contributed by atoms with Crippen LogP contribution in [0.15, 0.2) is 54.9 Å². The number of hydrogen-bond donors (Lipinski definition) is 3. The second-order valence-corrected chi connectivity index (χ2v) is 9.95. The fourth-order valence-electron chi connectivity index (χ4n) is 4.49. The highest BCUT2D eigenvalue weighted by Gasteiger charge is 2.37. The summed E-state index contributed by atoms with van der Waals surface area (Å²) in [7, 11) is 2.91. The Bertz CT molecular complexity index is 1660. The molecule has 0 saturated carbocycles. The van der Waals surface area contributed by atoms with Gasteiger partial charge in [0.05, 0.1) is 44.4 Å². The maximum absolute atomic E-state index is 14.2. The molecule has 12 nitrogen and oxygen atoms in total. The molecule has 1 aliphatic heterocycles. The van der Waals surface area contributed by atoms with Crippen molar-refractivity contribution in [2.75, 3.05) is 40.4 Å². The first-order valence-corrected chi connectivity index (χ1v) is 13.3. The molecule has 4 N–H and O–H groups in total. The molecule has 0 bridgehead atoms. The summed E-state index contributed by atoms with van der Waals surface area (Å²) in [6.45, 7) is 1.58. The molecule has 0 saturated heterocycles. The fourth-order valence-corrected chi connectivity index (χ4v) is 5.20. The van der Waals surface area contributed by atoms with Gasteiger partial charge in [0, 0.05) is 30.9 Å². The van der Waals surface area contributed by atoms with Crippen molar-refractivity contribution in [3.63, 3.8) is 0 Å². The summed E-state index contributed by atoms with van der Waals surface area (Å²) in [5, 5.41) is 6.19. The maximum atomic E-state index is 14.2. The van der Waals surface area contributed by atoms with Gasteiger partial charge in [0.2, 0.25) is 11.9 Å². The molecule has 5 rings (SSSR count). The summed E-state index contributed by atoms with van der Waals surface area (Å²) >= 11 is 13.4. The molecule has 0 spiro atoms. The number of benzene rings is 2. The summed E-state index contributed by atoms with van der Waals surface area (Å²) in [6, 6.07) is 11.6. The van der Waals surface area contributed by atoms with Crippen LogP contribution in [0.1, 0.15) is 18.1 Å². The lowest BCUT2D eigenvalue weighted by Crippen LogP contribution is -2.48. The molecule has 3 amide bonds. The highest BCUT2D eigenvalue weighted by Crippen LogP contribution is 2.48. The highest BCUT2D eigenvalue weighted by molar-refractivity contribution is 6.42. The number of methoxy groups -OCH3 is 2. The Labute approximate surface area is 251 Å².